The van der Waals surface area contributed by atoms with Gasteiger partial charge in [-0.1, -0.05) is 29.3 Å². The Morgan fingerprint density at radius 2 is 2.23 bits per heavy atom. The molecule has 1 heterocycles. The molecule has 2 rings (SSSR count). The fraction of sp³-hybridized carbons (Fsp3) is 0.625. The molecule has 6 heteroatoms. The molecule has 3 atom stereocenters. The van der Waals surface area contributed by atoms with Crippen molar-refractivity contribution in [3.8, 4) is 0 Å². The molecule has 0 spiro atoms. The van der Waals surface area contributed by atoms with E-state index in [1.165, 1.54) is 0 Å². The van der Waals surface area contributed by atoms with Crippen LogP contribution >= 0.6 is 23.2 Å². The number of nitrogens with one attached hydrogen (secondary N) is 1. The third kappa shape index (κ3) is 5.69. The second-order valence-electron chi connectivity index (χ2n) is 5.63. The van der Waals surface area contributed by atoms with E-state index in [0.717, 1.165) is 25.0 Å². The largest absolute Gasteiger partial charge is 0.389 e. The average molecular weight is 348 g/mol. The van der Waals surface area contributed by atoms with Crippen molar-refractivity contribution in [1.29, 1.82) is 0 Å². The third-order valence-corrected chi connectivity index (χ3v) is 4.48. The Kier molecular flexibility index (Phi) is 7.41. The lowest BCUT2D eigenvalue weighted by molar-refractivity contribution is -0.0168. The minimum Gasteiger partial charge on any atom is -0.389 e. The summed E-state index contributed by atoms with van der Waals surface area (Å²) in [6.45, 7) is 4.14. The maximum atomic E-state index is 9.94. The van der Waals surface area contributed by atoms with E-state index in [1.807, 2.05) is 19.1 Å². The van der Waals surface area contributed by atoms with Crippen LogP contribution in [0, 0.1) is 0 Å². The van der Waals surface area contributed by atoms with Crippen LogP contribution in [0.3, 0.4) is 0 Å². The highest BCUT2D eigenvalue weighted by Crippen LogP contribution is 2.25. The number of hydrogen-bond acceptors (Lipinski definition) is 4. The molecule has 0 radical (unpaired) electrons. The first-order valence-corrected chi connectivity index (χ1v) is 8.37. The highest BCUT2D eigenvalue weighted by molar-refractivity contribution is 6.42. The van der Waals surface area contributed by atoms with E-state index in [4.69, 9.17) is 32.7 Å². The van der Waals surface area contributed by atoms with Crippen molar-refractivity contribution in [3.05, 3.63) is 33.8 Å². The molecule has 1 aromatic carbocycles. The number of rotatable bonds is 8. The number of aliphatic hydroxyl groups is 1. The van der Waals surface area contributed by atoms with Crippen LogP contribution in [0.4, 0.5) is 0 Å². The molecule has 1 aliphatic heterocycles. The molecule has 0 aliphatic carbocycles. The molecule has 1 aliphatic rings. The van der Waals surface area contributed by atoms with Gasteiger partial charge in [0, 0.05) is 19.2 Å². The van der Waals surface area contributed by atoms with Gasteiger partial charge in [-0.05, 0) is 37.5 Å². The Labute approximate surface area is 141 Å². The van der Waals surface area contributed by atoms with Gasteiger partial charge in [-0.3, -0.25) is 0 Å². The van der Waals surface area contributed by atoms with E-state index < -0.39 is 6.10 Å². The molecule has 22 heavy (non-hydrogen) atoms. The monoisotopic (exact) mass is 347 g/mol. The summed E-state index contributed by atoms with van der Waals surface area (Å²) in [6.07, 6.45) is 1.78. The first-order valence-electron chi connectivity index (χ1n) is 7.62. The Morgan fingerprint density at radius 1 is 1.41 bits per heavy atom. The van der Waals surface area contributed by atoms with Crippen LogP contribution in [-0.4, -0.2) is 43.7 Å². The number of ether oxygens (including phenoxy) is 2. The molecule has 0 bridgehead atoms. The second kappa shape index (κ2) is 9.06. The summed E-state index contributed by atoms with van der Waals surface area (Å²) < 4.78 is 11.0. The zero-order chi connectivity index (χ0) is 15.9. The van der Waals surface area contributed by atoms with E-state index >= 15 is 0 Å². The van der Waals surface area contributed by atoms with E-state index in [2.05, 4.69) is 5.32 Å². The van der Waals surface area contributed by atoms with Crippen molar-refractivity contribution in [3.63, 3.8) is 0 Å². The predicted molar refractivity (Wildman–Crippen MR) is 88.7 cm³/mol. The zero-order valence-electron chi connectivity index (χ0n) is 12.7. The molecule has 0 saturated carbocycles. The molecule has 0 amide bonds. The minimum absolute atomic E-state index is 0.0718. The number of halogens is 2. The lowest BCUT2D eigenvalue weighted by Gasteiger charge is -2.18. The van der Waals surface area contributed by atoms with Crippen molar-refractivity contribution in [1.82, 2.24) is 5.32 Å². The highest BCUT2D eigenvalue weighted by Gasteiger charge is 2.16. The lowest BCUT2D eigenvalue weighted by atomic mass is 10.1. The van der Waals surface area contributed by atoms with E-state index in [0.29, 0.717) is 29.8 Å². The SMILES string of the molecule is CC(NCC(O)COCC1CCCO1)c1ccc(Cl)c(Cl)c1. The summed E-state index contributed by atoms with van der Waals surface area (Å²) in [5.74, 6) is 0. The number of hydrogen-bond donors (Lipinski definition) is 2. The van der Waals surface area contributed by atoms with Crippen LogP contribution < -0.4 is 5.32 Å². The molecule has 1 saturated heterocycles. The first-order chi connectivity index (χ1) is 10.6. The summed E-state index contributed by atoms with van der Waals surface area (Å²) in [7, 11) is 0. The molecule has 3 unspecified atom stereocenters. The first kappa shape index (κ1) is 18.0. The fourth-order valence-electron chi connectivity index (χ4n) is 2.38. The van der Waals surface area contributed by atoms with Gasteiger partial charge in [0.05, 0.1) is 35.5 Å². The summed E-state index contributed by atoms with van der Waals surface area (Å²) in [5, 5.41) is 14.3. The van der Waals surface area contributed by atoms with Gasteiger partial charge in [0.25, 0.3) is 0 Å². The standard InChI is InChI=1S/C16H23Cl2NO3/c1-11(12-4-5-15(17)16(18)7-12)19-8-13(20)9-21-10-14-3-2-6-22-14/h4-5,7,11,13-14,19-20H,2-3,6,8-10H2,1H3. The Morgan fingerprint density at radius 3 is 2.91 bits per heavy atom. The van der Waals surface area contributed by atoms with Gasteiger partial charge in [-0.2, -0.15) is 0 Å². The van der Waals surface area contributed by atoms with Crippen molar-refractivity contribution in [2.24, 2.45) is 0 Å². The van der Waals surface area contributed by atoms with E-state index in [-0.39, 0.29) is 12.1 Å². The molecule has 124 valence electrons. The van der Waals surface area contributed by atoms with E-state index in [1.54, 1.807) is 6.07 Å². The smallest absolute Gasteiger partial charge is 0.0897 e. The molecular weight excluding hydrogens is 325 g/mol. The number of benzene rings is 1. The van der Waals surface area contributed by atoms with Crippen molar-refractivity contribution < 1.29 is 14.6 Å². The molecular formula is C16H23Cl2NO3. The maximum absolute atomic E-state index is 9.94. The van der Waals surface area contributed by atoms with Crippen LogP contribution in [0.2, 0.25) is 10.0 Å². The topological polar surface area (TPSA) is 50.7 Å². The van der Waals surface area contributed by atoms with Crippen LogP contribution in [0.25, 0.3) is 0 Å². The molecule has 1 fully saturated rings. The van der Waals surface area contributed by atoms with Gasteiger partial charge in [-0.15, -0.1) is 0 Å². The Balaban J connectivity index is 1.66. The third-order valence-electron chi connectivity index (χ3n) is 3.74. The van der Waals surface area contributed by atoms with Crippen LogP contribution in [0.15, 0.2) is 18.2 Å². The Hall–Kier alpha value is -0.360. The van der Waals surface area contributed by atoms with Gasteiger partial charge in [0.1, 0.15) is 0 Å². The summed E-state index contributed by atoms with van der Waals surface area (Å²) in [5.41, 5.74) is 1.03. The van der Waals surface area contributed by atoms with Crippen LogP contribution in [0.5, 0.6) is 0 Å². The molecule has 4 nitrogen and oxygen atoms in total. The highest BCUT2D eigenvalue weighted by atomic mass is 35.5. The number of aliphatic hydroxyl groups excluding tert-OH is 1. The second-order valence-corrected chi connectivity index (χ2v) is 6.44. The van der Waals surface area contributed by atoms with E-state index in [9.17, 15) is 5.11 Å². The maximum Gasteiger partial charge on any atom is 0.0897 e. The van der Waals surface area contributed by atoms with Gasteiger partial charge >= 0.3 is 0 Å². The van der Waals surface area contributed by atoms with Gasteiger partial charge in [0.15, 0.2) is 0 Å². The summed E-state index contributed by atoms with van der Waals surface area (Å²) in [6, 6.07) is 5.61. The van der Waals surface area contributed by atoms with Crippen molar-refractivity contribution in [2.75, 3.05) is 26.4 Å². The van der Waals surface area contributed by atoms with Gasteiger partial charge in [-0.25, -0.2) is 0 Å². The average Bonchev–Trinajstić information content (AvgIpc) is 3.01. The van der Waals surface area contributed by atoms with Crippen LogP contribution in [0.1, 0.15) is 31.4 Å². The van der Waals surface area contributed by atoms with Gasteiger partial charge < -0.3 is 19.9 Å². The summed E-state index contributed by atoms with van der Waals surface area (Å²) >= 11 is 11.9. The van der Waals surface area contributed by atoms with Crippen molar-refractivity contribution in [2.45, 2.75) is 38.0 Å². The molecule has 1 aromatic rings. The summed E-state index contributed by atoms with van der Waals surface area (Å²) in [4.78, 5) is 0. The van der Waals surface area contributed by atoms with Gasteiger partial charge in [0.2, 0.25) is 0 Å². The zero-order valence-corrected chi connectivity index (χ0v) is 14.2. The molecule has 0 aromatic heterocycles. The lowest BCUT2D eigenvalue weighted by Crippen LogP contribution is -2.33. The van der Waals surface area contributed by atoms with Crippen molar-refractivity contribution >= 4 is 23.2 Å². The molecule has 2 N–H and O–H groups in total. The Bertz CT molecular complexity index is 467. The van der Waals surface area contributed by atoms with Crippen LogP contribution in [-0.2, 0) is 9.47 Å². The predicted octanol–water partition coefficient (Wildman–Crippen LogP) is 3.20. The normalized spacial score (nSPS) is 21.0. The minimum atomic E-state index is -0.549. The fourth-order valence-corrected chi connectivity index (χ4v) is 2.69. The quantitative estimate of drug-likeness (QED) is 0.758.